The summed E-state index contributed by atoms with van der Waals surface area (Å²) in [6.07, 6.45) is 0.642. The van der Waals surface area contributed by atoms with Crippen LogP contribution in [-0.4, -0.2) is 27.9 Å². The van der Waals surface area contributed by atoms with Crippen LogP contribution in [0.15, 0.2) is 42.5 Å². The second-order valence-electron chi connectivity index (χ2n) is 6.80. The Morgan fingerprint density at radius 2 is 1.80 bits per heavy atom. The minimum atomic E-state index is -1.64. The van der Waals surface area contributed by atoms with Crippen LogP contribution in [0.1, 0.15) is 42.0 Å². The number of fused-ring (bicyclic) bond motifs is 1. The number of benzene rings is 2. The maximum atomic E-state index is 12.6. The minimum absolute atomic E-state index is 0.0341. The molecule has 2 bridgehead atoms. The SMILES string of the molecule is CCCOC(=O)C1CC2(O)c3ccccc3C1(O)c1cccc(O)c12. The average Bonchev–Trinajstić information content (AvgIpc) is 2.62. The van der Waals surface area contributed by atoms with Gasteiger partial charge in [0.1, 0.15) is 17.0 Å². The first kappa shape index (κ1) is 16.1. The molecule has 0 saturated heterocycles. The maximum Gasteiger partial charge on any atom is 0.312 e. The van der Waals surface area contributed by atoms with E-state index < -0.39 is 23.1 Å². The molecule has 3 atom stereocenters. The van der Waals surface area contributed by atoms with Crippen molar-refractivity contribution in [3.8, 4) is 5.75 Å². The Hall–Kier alpha value is -2.37. The van der Waals surface area contributed by atoms with Gasteiger partial charge in [-0.3, -0.25) is 4.79 Å². The van der Waals surface area contributed by atoms with Gasteiger partial charge in [0.2, 0.25) is 0 Å². The van der Waals surface area contributed by atoms with Gasteiger partial charge in [0.25, 0.3) is 0 Å². The van der Waals surface area contributed by atoms with Crippen LogP contribution in [0.3, 0.4) is 0 Å². The molecular formula is C20H20O5. The Morgan fingerprint density at radius 3 is 2.52 bits per heavy atom. The number of esters is 1. The standard InChI is InChI=1S/C20H20O5/c1-2-10-25-18(22)15-11-19(23)12-6-3-4-7-13(12)20(15,24)14-8-5-9-16(21)17(14)19/h3-9,15,21,23-24H,2,10-11H2,1H3. The van der Waals surface area contributed by atoms with E-state index in [1.54, 1.807) is 36.4 Å². The fraction of sp³-hybridized carbons (Fsp3) is 0.350. The van der Waals surface area contributed by atoms with Gasteiger partial charge in [-0.2, -0.15) is 0 Å². The Morgan fingerprint density at radius 1 is 1.12 bits per heavy atom. The lowest BCUT2D eigenvalue weighted by Crippen LogP contribution is -2.57. The number of carbonyl (C=O) groups is 1. The first-order valence-corrected chi connectivity index (χ1v) is 8.49. The molecule has 5 rings (SSSR count). The molecule has 0 fully saturated rings. The summed E-state index contributed by atoms with van der Waals surface area (Å²) in [5.41, 5.74) is -1.54. The third kappa shape index (κ3) is 1.94. The van der Waals surface area contributed by atoms with Crippen LogP contribution >= 0.6 is 0 Å². The van der Waals surface area contributed by atoms with Crippen molar-refractivity contribution in [2.45, 2.75) is 31.0 Å². The molecule has 3 aliphatic carbocycles. The van der Waals surface area contributed by atoms with Crippen LogP contribution in [0.2, 0.25) is 0 Å². The molecule has 0 radical (unpaired) electrons. The van der Waals surface area contributed by atoms with Gasteiger partial charge < -0.3 is 20.1 Å². The average molecular weight is 340 g/mol. The van der Waals surface area contributed by atoms with E-state index in [1.807, 2.05) is 6.92 Å². The summed E-state index contributed by atoms with van der Waals surface area (Å²) in [4.78, 5) is 12.6. The molecule has 3 aliphatic rings. The predicted molar refractivity (Wildman–Crippen MR) is 89.9 cm³/mol. The van der Waals surface area contributed by atoms with Crippen molar-refractivity contribution >= 4 is 5.97 Å². The predicted octanol–water partition coefficient (Wildman–Crippen LogP) is 2.15. The lowest BCUT2D eigenvalue weighted by atomic mass is 9.54. The Balaban J connectivity index is 1.98. The number of phenols is 1. The van der Waals surface area contributed by atoms with Gasteiger partial charge in [0.05, 0.1) is 12.5 Å². The molecule has 0 heterocycles. The smallest absolute Gasteiger partial charge is 0.312 e. The van der Waals surface area contributed by atoms with E-state index in [1.165, 1.54) is 6.07 Å². The monoisotopic (exact) mass is 340 g/mol. The van der Waals surface area contributed by atoms with Crippen LogP contribution < -0.4 is 0 Å². The van der Waals surface area contributed by atoms with Gasteiger partial charge in [-0.15, -0.1) is 0 Å². The largest absolute Gasteiger partial charge is 0.508 e. The second kappa shape index (κ2) is 5.31. The molecule has 25 heavy (non-hydrogen) atoms. The Labute approximate surface area is 145 Å². The van der Waals surface area contributed by atoms with Crippen molar-refractivity contribution in [3.63, 3.8) is 0 Å². The molecule has 0 spiro atoms. The van der Waals surface area contributed by atoms with E-state index >= 15 is 0 Å². The summed E-state index contributed by atoms with van der Waals surface area (Å²) in [7, 11) is 0. The van der Waals surface area contributed by atoms with E-state index in [0.717, 1.165) is 0 Å². The van der Waals surface area contributed by atoms with E-state index in [2.05, 4.69) is 0 Å². The first-order chi connectivity index (χ1) is 11.9. The first-order valence-electron chi connectivity index (χ1n) is 8.49. The fourth-order valence-electron chi connectivity index (χ4n) is 4.34. The third-order valence-electron chi connectivity index (χ3n) is 5.39. The second-order valence-corrected chi connectivity index (χ2v) is 6.80. The zero-order valence-electron chi connectivity index (χ0n) is 13.9. The number of hydrogen-bond donors (Lipinski definition) is 3. The van der Waals surface area contributed by atoms with Gasteiger partial charge in [-0.05, 0) is 29.2 Å². The lowest BCUT2D eigenvalue weighted by Gasteiger charge is -2.53. The van der Waals surface area contributed by atoms with Crippen molar-refractivity contribution in [1.82, 2.24) is 0 Å². The van der Waals surface area contributed by atoms with Gasteiger partial charge in [-0.1, -0.05) is 43.3 Å². The summed E-state index contributed by atoms with van der Waals surface area (Å²) >= 11 is 0. The van der Waals surface area contributed by atoms with E-state index in [0.29, 0.717) is 23.1 Å². The molecule has 2 aromatic carbocycles. The van der Waals surface area contributed by atoms with Gasteiger partial charge in [0, 0.05) is 12.0 Å². The lowest BCUT2D eigenvalue weighted by molar-refractivity contribution is -0.167. The number of rotatable bonds is 3. The third-order valence-corrected chi connectivity index (χ3v) is 5.39. The number of aromatic hydroxyl groups is 1. The zero-order chi connectivity index (χ0) is 17.8. The quantitative estimate of drug-likeness (QED) is 0.745. The number of ether oxygens (including phenoxy) is 1. The van der Waals surface area contributed by atoms with E-state index in [9.17, 15) is 20.1 Å². The van der Waals surface area contributed by atoms with Crippen molar-refractivity contribution < 1.29 is 24.9 Å². The molecule has 130 valence electrons. The molecule has 0 amide bonds. The summed E-state index contributed by atoms with van der Waals surface area (Å²) < 4.78 is 5.28. The number of hydrogen-bond acceptors (Lipinski definition) is 5. The number of phenolic OH excluding ortho intramolecular Hbond substituents is 1. The Bertz CT molecular complexity index is 861. The molecule has 0 aromatic heterocycles. The highest BCUT2D eigenvalue weighted by molar-refractivity contribution is 5.80. The highest BCUT2D eigenvalue weighted by Gasteiger charge is 2.63. The van der Waals surface area contributed by atoms with Gasteiger partial charge >= 0.3 is 5.97 Å². The molecule has 2 aromatic rings. The Kier molecular flexibility index (Phi) is 3.42. The van der Waals surface area contributed by atoms with Crippen LogP contribution in [0.25, 0.3) is 0 Å². The molecular weight excluding hydrogens is 320 g/mol. The summed E-state index contributed by atoms with van der Waals surface area (Å²) in [6, 6.07) is 11.7. The van der Waals surface area contributed by atoms with Crippen molar-refractivity contribution in [2.75, 3.05) is 6.61 Å². The van der Waals surface area contributed by atoms with Crippen molar-refractivity contribution in [2.24, 2.45) is 5.92 Å². The normalized spacial score (nSPS) is 29.0. The summed E-state index contributed by atoms with van der Waals surface area (Å²) in [5.74, 6) is -1.56. The van der Waals surface area contributed by atoms with Crippen LogP contribution in [-0.2, 0) is 20.7 Å². The highest BCUT2D eigenvalue weighted by Crippen LogP contribution is 2.61. The maximum absolute atomic E-state index is 12.6. The van der Waals surface area contributed by atoms with Gasteiger partial charge in [-0.25, -0.2) is 0 Å². The van der Waals surface area contributed by atoms with Gasteiger partial charge in [0.15, 0.2) is 0 Å². The molecule has 5 heteroatoms. The van der Waals surface area contributed by atoms with Crippen LogP contribution in [0.4, 0.5) is 0 Å². The van der Waals surface area contributed by atoms with Crippen LogP contribution in [0.5, 0.6) is 5.75 Å². The van der Waals surface area contributed by atoms with E-state index in [4.69, 9.17) is 4.74 Å². The summed E-state index contributed by atoms with van der Waals surface area (Å²) in [6.45, 7) is 2.16. The molecule has 5 nitrogen and oxygen atoms in total. The number of carbonyl (C=O) groups excluding carboxylic acids is 1. The molecule has 0 aliphatic heterocycles. The molecule has 3 unspecified atom stereocenters. The van der Waals surface area contributed by atoms with Crippen LogP contribution in [0, 0.1) is 5.92 Å². The topological polar surface area (TPSA) is 87.0 Å². The van der Waals surface area contributed by atoms with Crippen molar-refractivity contribution in [3.05, 3.63) is 64.7 Å². The fourth-order valence-corrected chi connectivity index (χ4v) is 4.34. The zero-order valence-corrected chi connectivity index (χ0v) is 13.9. The molecule has 3 N–H and O–H groups in total. The highest BCUT2D eigenvalue weighted by atomic mass is 16.5. The van der Waals surface area contributed by atoms with Crippen molar-refractivity contribution in [1.29, 1.82) is 0 Å². The van der Waals surface area contributed by atoms with E-state index in [-0.39, 0.29) is 24.3 Å². The molecule has 0 saturated carbocycles. The number of aliphatic hydroxyl groups is 2. The summed E-state index contributed by atoms with van der Waals surface area (Å²) in [5, 5.41) is 33.5. The minimum Gasteiger partial charge on any atom is -0.508 e.